The number of benzene rings is 3. The van der Waals surface area contributed by atoms with Crippen LogP contribution in [0.3, 0.4) is 0 Å². The fourth-order valence-corrected chi connectivity index (χ4v) is 3.47. The quantitative estimate of drug-likeness (QED) is 0.490. The van der Waals surface area contributed by atoms with Gasteiger partial charge >= 0.3 is 0 Å². The summed E-state index contributed by atoms with van der Waals surface area (Å²) in [6, 6.07) is 23.1. The molecule has 1 aromatic heterocycles. The first-order valence-electron chi connectivity index (χ1n) is 10.0. The van der Waals surface area contributed by atoms with Crippen LogP contribution in [0.5, 0.6) is 0 Å². The van der Waals surface area contributed by atoms with Crippen LogP contribution in [0.2, 0.25) is 0 Å². The predicted molar refractivity (Wildman–Crippen MR) is 121 cm³/mol. The van der Waals surface area contributed by atoms with E-state index in [0.29, 0.717) is 23.1 Å². The molecule has 0 aliphatic carbocycles. The number of fused-ring (bicyclic) bond motifs is 1. The summed E-state index contributed by atoms with van der Waals surface area (Å²) in [5, 5.41) is 5.96. The number of amides is 2. The Morgan fingerprint density at radius 3 is 2.41 bits per heavy atom. The minimum Gasteiger partial charge on any atom is -0.348 e. The second kappa shape index (κ2) is 9.26. The maximum absolute atomic E-state index is 13.4. The average Bonchev–Trinajstić information content (AvgIpc) is 2.80. The number of para-hydroxylation sites is 1. The van der Waals surface area contributed by atoms with Gasteiger partial charge in [0, 0.05) is 23.7 Å². The second-order valence-corrected chi connectivity index (χ2v) is 7.23. The Kier molecular flexibility index (Phi) is 6.07. The molecule has 0 atom stereocenters. The number of aromatic nitrogens is 1. The topological polar surface area (TPSA) is 80.2 Å². The fourth-order valence-electron chi connectivity index (χ4n) is 3.47. The standard InChI is InChI=1S/C25H20FN3O3/c26-18-9-6-10-19(13-18)28-23(30)16-29-22-12-5-4-11-20(22)21(14-24(29)31)25(32)27-15-17-7-2-1-3-8-17/h1-14H,15-16H2,(H,27,32)(H,28,30). The number of carbonyl (C=O) groups is 2. The molecule has 0 saturated heterocycles. The molecule has 2 amide bonds. The minimum absolute atomic E-state index is 0.239. The monoisotopic (exact) mass is 429 g/mol. The lowest BCUT2D eigenvalue weighted by atomic mass is 10.1. The Balaban J connectivity index is 1.60. The molecule has 1 heterocycles. The summed E-state index contributed by atoms with van der Waals surface area (Å²) in [6.45, 7) is 0.0505. The highest BCUT2D eigenvalue weighted by atomic mass is 19.1. The van der Waals surface area contributed by atoms with E-state index in [0.717, 1.165) is 5.56 Å². The van der Waals surface area contributed by atoms with Crippen molar-refractivity contribution in [2.24, 2.45) is 0 Å². The zero-order valence-corrected chi connectivity index (χ0v) is 17.0. The molecule has 0 spiro atoms. The Bertz CT molecular complexity index is 1350. The van der Waals surface area contributed by atoms with E-state index in [4.69, 9.17) is 0 Å². The number of anilines is 1. The molecule has 0 fully saturated rings. The fraction of sp³-hybridized carbons (Fsp3) is 0.0800. The highest BCUT2D eigenvalue weighted by Gasteiger charge is 2.16. The van der Waals surface area contributed by atoms with Gasteiger partial charge in [-0.25, -0.2) is 4.39 Å². The lowest BCUT2D eigenvalue weighted by Crippen LogP contribution is -2.30. The van der Waals surface area contributed by atoms with Gasteiger partial charge < -0.3 is 10.6 Å². The summed E-state index contributed by atoms with van der Waals surface area (Å²) in [5.41, 5.74) is 1.45. The number of nitrogens with one attached hydrogen (secondary N) is 2. The van der Waals surface area contributed by atoms with Gasteiger partial charge in [-0.15, -0.1) is 0 Å². The first-order chi connectivity index (χ1) is 15.5. The summed E-state index contributed by atoms with van der Waals surface area (Å²) in [5.74, 6) is -1.33. The van der Waals surface area contributed by atoms with Crippen LogP contribution >= 0.6 is 0 Å². The van der Waals surface area contributed by atoms with E-state index in [2.05, 4.69) is 10.6 Å². The van der Waals surface area contributed by atoms with Crippen LogP contribution in [0.1, 0.15) is 15.9 Å². The van der Waals surface area contributed by atoms with E-state index in [9.17, 15) is 18.8 Å². The van der Waals surface area contributed by atoms with Crippen LogP contribution in [0.15, 0.2) is 89.7 Å². The number of rotatable bonds is 6. The van der Waals surface area contributed by atoms with Crippen LogP contribution in [0.25, 0.3) is 10.9 Å². The largest absolute Gasteiger partial charge is 0.348 e. The Labute approximate surface area is 183 Å². The molecule has 4 rings (SSSR count). The average molecular weight is 429 g/mol. The van der Waals surface area contributed by atoms with Crippen molar-refractivity contribution >= 4 is 28.4 Å². The molecule has 0 unspecified atom stereocenters. The highest BCUT2D eigenvalue weighted by Crippen LogP contribution is 2.18. The van der Waals surface area contributed by atoms with Gasteiger partial charge in [-0.05, 0) is 29.8 Å². The summed E-state index contributed by atoms with van der Waals surface area (Å²) >= 11 is 0. The lowest BCUT2D eigenvalue weighted by Gasteiger charge is -2.14. The van der Waals surface area contributed by atoms with Crippen molar-refractivity contribution in [1.29, 1.82) is 0 Å². The molecular weight excluding hydrogens is 409 g/mol. The van der Waals surface area contributed by atoms with E-state index in [1.165, 1.54) is 28.8 Å². The summed E-state index contributed by atoms with van der Waals surface area (Å²) < 4.78 is 14.7. The molecule has 0 bridgehead atoms. The van der Waals surface area contributed by atoms with Gasteiger partial charge in [0.15, 0.2) is 0 Å². The van der Waals surface area contributed by atoms with E-state index in [1.807, 2.05) is 30.3 Å². The number of hydrogen-bond donors (Lipinski definition) is 2. The van der Waals surface area contributed by atoms with Gasteiger partial charge in [0.1, 0.15) is 12.4 Å². The zero-order valence-electron chi connectivity index (χ0n) is 17.0. The first kappa shape index (κ1) is 21.0. The van der Waals surface area contributed by atoms with Gasteiger partial charge in [0.25, 0.3) is 11.5 Å². The third-order valence-corrected chi connectivity index (χ3v) is 4.97. The van der Waals surface area contributed by atoms with Gasteiger partial charge in [-0.1, -0.05) is 54.6 Å². The second-order valence-electron chi connectivity index (χ2n) is 7.23. The molecular formula is C25H20FN3O3. The number of nitrogens with zero attached hydrogens (tertiary/aromatic N) is 1. The van der Waals surface area contributed by atoms with Crippen molar-refractivity contribution in [1.82, 2.24) is 9.88 Å². The minimum atomic E-state index is -0.483. The summed E-state index contributed by atoms with van der Waals surface area (Å²) in [4.78, 5) is 38.1. The van der Waals surface area contributed by atoms with E-state index < -0.39 is 17.3 Å². The van der Waals surface area contributed by atoms with Crippen molar-refractivity contribution in [3.8, 4) is 0 Å². The number of carbonyl (C=O) groups excluding carboxylic acids is 2. The molecule has 0 aliphatic rings. The molecule has 6 nitrogen and oxygen atoms in total. The van der Waals surface area contributed by atoms with Crippen LogP contribution in [-0.4, -0.2) is 16.4 Å². The number of hydrogen-bond acceptors (Lipinski definition) is 3. The van der Waals surface area contributed by atoms with Crippen LogP contribution in [0, 0.1) is 5.82 Å². The third-order valence-electron chi connectivity index (χ3n) is 4.97. The van der Waals surface area contributed by atoms with Crippen LogP contribution in [0.4, 0.5) is 10.1 Å². The maximum atomic E-state index is 13.4. The first-order valence-corrected chi connectivity index (χ1v) is 10.0. The number of halogens is 1. The molecule has 4 aromatic rings. The molecule has 0 aliphatic heterocycles. The molecule has 160 valence electrons. The Morgan fingerprint density at radius 2 is 1.62 bits per heavy atom. The highest BCUT2D eigenvalue weighted by molar-refractivity contribution is 6.06. The summed E-state index contributed by atoms with van der Waals surface area (Å²) in [6.07, 6.45) is 0. The van der Waals surface area contributed by atoms with Crippen molar-refractivity contribution in [3.63, 3.8) is 0 Å². The molecule has 0 radical (unpaired) electrons. The van der Waals surface area contributed by atoms with E-state index in [-0.39, 0.29) is 18.0 Å². The Hall–Kier alpha value is -4.26. The smallest absolute Gasteiger partial charge is 0.252 e. The molecule has 2 N–H and O–H groups in total. The third kappa shape index (κ3) is 4.73. The zero-order chi connectivity index (χ0) is 22.5. The van der Waals surface area contributed by atoms with Crippen molar-refractivity contribution in [2.75, 3.05) is 5.32 Å². The van der Waals surface area contributed by atoms with Crippen molar-refractivity contribution in [2.45, 2.75) is 13.1 Å². The number of pyridine rings is 1. The van der Waals surface area contributed by atoms with E-state index in [1.54, 1.807) is 30.3 Å². The van der Waals surface area contributed by atoms with E-state index >= 15 is 0 Å². The molecule has 7 heteroatoms. The summed E-state index contributed by atoms with van der Waals surface area (Å²) in [7, 11) is 0. The lowest BCUT2D eigenvalue weighted by molar-refractivity contribution is -0.116. The SMILES string of the molecule is O=C(Cn1c(=O)cc(C(=O)NCc2ccccc2)c2ccccc21)Nc1cccc(F)c1. The van der Waals surface area contributed by atoms with Crippen molar-refractivity contribution < 1.29 is 14.0 Å². The van der Waals surface area contributed by atoms with Gasteiger partial charge in [-0.2, -0.15) is 0 Å². The molecule has 3 aromatic carbocycles. The molecule has 32 heavy (non-hydrogen) atoms. The predicted octanol–water partition coefficient (Wildman–Crippen LogP) is 3.71. The maximum Gasteiger partial charge on any atom is 0.252 e. The molecule has 0 saturated carbocycles. The van der Waals surface area contributed by atoms with Gasteiger partial charge in [0.2, 0.25) is 5.91 Å². The normalized spacial score (nSPS) is 10.7. The van der Waals surface area contributed by atoms with Crippen LogP contribution in [-0.2, 0) is 17.9 Å². The Morgan fingerprint density at radius 1 is 0.875 bits per heavy atom. The van der Waals surface area contributed by atoms with Gasteiger partial charge in [0.05, 0.1) is 11.1 Å². The van der Waals surface area contributed by atoms with Crippen LogP contribution < -0.4 is 16.2 Å². The van der Waals surface area contributed by atoms with Gasteiger partial charge in [-0.3, -0.25) is 19.0 Å². The van der Waals surface area contributed by atoms with Crippen molar-refractivity contribution in [3.05, 3.63) is 112 Å².